The highest BCUT2D eigenvalue weighted by Crippen LogP contribution is 2.19. The Kier molecular flexibility index (Phi) is 2.55. The minimum Gasteiger partial charge on any atom is -0.335 e. The maximum absolute atomic E-state index is 4.34. The quantitative estimate of drug-likeness (QED) is 0.660. The van der Waals surface area contributed by atoms with Gasteiger partial charge in [0.05, 0.1) is 0 Å². The summed E-state index contributed by atoms with van der Waals surface area (Å²) in [4.78, 5) is 4.34. The molecule has 0 saturated carbocycles. The van der Waals surface area contributed by atoms with Crippen molar-refractivity contribution in [2.45, 2.75) is 40.7 Å². The molecule has 1 aromatic heterocycles. The Labute approximate surface area is 74.6 Å². The summed E-state index contributed by atoms with van der Waals surface area (Å²) in [7, 11) is 0. The molecule has 0 spiro atoms. The van der Waals surface area contributed by atoms with Crippen LogP contribution in [0.2, 0.25) is 0 Å². The summed E-state index contributed by atoms with van der Waals surface area (Å²) in [6, 6.07) is 0. The molecule has 0 aromatic carbocycles. The number of hydrogen-bond acceptors (Lipinski definition) is 1. The highest BCUT2D eigenvalue weighted by molar-refractivity contribution is 4.95. The topological polar surface area (TPSA) is 17.8 Å². The Morgan fingerprint density at radius 3 is 2.58 bits per heavy atom. The zero-order valence-electron chi connectivity index (χ0n) is 8.46. The summed E-state index contributed by atoms with van der Waals surface area (Å²) >= 11 is 0. The fourth-order valence-electron chi connectivity index (χ4n) is 1.27. The van der Waals surface area contributed by atoms with Crippen molar-refractivity contribution in [1.29, 1.82) is 0 Å². The van der Waals surface area contributed by atoms with Gasteiger partial charge in [0.1, 0.15) is 5.82 Å². The zero-order chi connectivity index (χ0) is 9.19. The van der Waals surface area contributed by atoms with Crippen LogP contribution in [0.5, 0.6) is 0 Å². The lowest BCUT2D eigenvalue weighted by atomic mass is 9.92. The van der Waals surface area contributed by atoms with E-state index in [1.807, 2.05) is 12.4 Å². The monoisotopic (exact) mass is 166 g/mol. The van der Waals surface area contributed by atoms with Crippen molar-refractivity contribution in [3.05, 3.63) is 18.2 Å². The summed E-state index contributed by atoms with van der Waals surface area (Å²) < 4.78 is 2.20. The largest absolute Gasteiger partial charge is 0.335 e. The van der Waals surface area contributed by atoms with Gasteiger partial charge in [-0.15, -0.1) is 0 Å². The van der Waals surface area contributed by atoms with E-state index in [0.29, 0.717) is 5.41 Å². The molecular weight excluding hydrogens is 148 g/mol. The Bertz CT molecular complexity index is 243. The Balaban J connectivity index is 2.75. The van der Waals surface area contributed by atoms with Crippen LogP contribution in [0.4, 0.5) is 0 Å². The fraction of sp³-hybridized carbons (Fsp3) is 0.700. The van der Waals surface area contributed by atoms with E-state index in [1.165, 1.54) is 5.82 Å². The molecule has 0 aliphatic carbocycles. The first kappa shape index (κ1) is 9.30. The molecule has 1 aromatic rings. The highest BCUT2D eigenvalue weighted by atomic mass is 15.1. The van der Waals surface area contributed by atoms with Crippen LogP contribution in [0.1, 0.15) is 33.5 Å². The molecule has 0 N–H and O–H groups in total. The molecule has 2 nitrogen and oxygen atoms in total. The second kappa shape index (κ2) is 3.30. The lowest BCUT2D eigenvalue weighted by Crippen LogP contribution is -2.13. The van der Waals surface area contributed by atoms with E-state index in [1.54, 1.807) is 0 Å². The molecule has 68 valence electrons. The van der Waals surface area contributed by atoms with Crippen LogP contribution in [-0.2, 0) is 13.0 Å². The normalized spacial score (nSPS) is 12.0. The van der Waals surface area contributed by atoms with Crippen molar-refractivity contribution in [2.24, 2.45) is 5.41 Å². The molecule has 0 radical (unpaired) electrons. The summed E-state index contributed by atoms with van der Waals surface area (Å²) in [5.41, 5.74) is 0.332. The van der Waals surface area contributed by atoms with Crippen molar-refractivity contribution >= 4 is 0 Å². The number of rotatable bonds is 2. The van der Waals surface area contributed by atoms with Gasteiger partial charge in [-0.05, 0) is 12.3 Å². The Morgan fingerprint density at radius 2 is 2.08 bits per heavy atom. The molecule has 0 bridgehead atoms. The Morgan fingerprint density at radius 1 is 1.42 bits per heavy atom. The first-order valence-electron chi connectivity index (χ1n) is 4.53. The number of aryl methyl sites for hydroxylation is 1. The number of imidazole rings is 1. The average Bonchev–Trinajstić information content (AvgIpc) is 2.31. The third-order valence-electron chi connectivity index (χ3n) is 1.83. The van der Waals surface area contributed by atoms with Gasteiger partial charge in [0, 0.05) is 25.4 Å². The zero-order valence-corrected chi connectivity index (χ0v) is 8.46. The predicted octanol–water partition coefficient (Wildman–Crippen LogP) is 2.49. The van der Waals surface area contributed by atoms with Crippen LogP contribution < -0.4 is 0 Å². The van der Waals surface area contributed by atoms with E-state index in [-0.39, 0.29) is 0 Å². The summed E-state index contributed by atoms with van der Waals surface area (Å²) in [5, 5.41) is 0. The third kappa shape index (κ3) is 2.36. The minimum absolute atomic E-state index is 0.332. The lowest BCUT2D eigenvalue weighted by molar-refractivity contribution is 0.393. The molecule has 1 heterocycles. The molecule has 2 heteroatoms. The van der Waals surface area contributed by atoms with Crippen molar-refractivity contribution in [3.8, 4) is 0 Å². The van der Waals surface area contributed by atoms with Gasteiger partial charge >= 0.3 is 0 Å². The van der Waals surface area contributed by atoms with E-state index in [9.17, 15) is 0 Å². The van der Waals surface area contributed by atoms with Gasteiger partial charge in [-0.2, -0.15) is 0 Å². The van der Waals surface area contributed by atoms with Gasteiger partial charge in [0.2, 0.25) is 0 Å². The van der Waals surface area contributed by atoms with Gasteiger partial charge < -0.3 is 4.57 Å². The smallest absolute Gasteiger partial charge is 0.109 e. The molecule has 12 heavy (non-hydrogen) atoms. The van der Waals surface area contributed by atoms with Crippen molar-refractivity contribution < 1.29 is 0 Å². The maximum atomic E-state index is 4.34. The van der Waals surface area contributed by atoms with Crippen LogP contribution in [0.15, 0.2) is 12.4 Å². The molecule has 0 amide bonds. The SMILES string of the molecule is CCn1ccnc1CC(C)(C)C. The second-order valence-electron chi connectivity index (χ2n) is 4.37. The third-order valence-corrected chi connectivity index (χ3v) is 1.83. The highest BCUT2D eigenvalue weighted by Gasteiger charge is 2.14. The molecular formula is C10H18N2. The average molecular weight is 166 g/mol. The van der Waals surface area contributed by atoms with E-state index < -0.39 is 0 Å². The Hall–Kier alpha value is -0.790. The van der Waals surface area contributed by atoms with Gasteiger partial charge in [-0.1, -0.05) is 20.8 Å². The lowest BCUT2D eigenvalue weighted by Gasteiger charge is -2.17. The van der Waals surface area contributed by atoms with Crippen LogP contribution >= 0.6 is 0 Å². The first-order chi connectivity index (χ1) is 5.53. The number of nitrogens with zero attached hydrogens (tertiary/aromatic N) is 2. The maximum Gasteiger partial charge on any atom is 0.109 e. The molecule has 0 atom stereocenters. The summed E-state index contributed by atoms with van der Waals surface area (Å²) in [6.07, 6.45) is 4.97. The second-order valence-corrected chi connectivity index (χ2v) is 4.37. The molecule has 0 aliphatic heterocycles. The van der Waals surface area contributed by atoms with Gasteiger partial charge in [0.15, 0.2) is 0 Å². The van der Waals surface area contributed by atoms with Gasteiger partial charge in [0.25, 0.3) is 0 Å². The number of hydrogen-bond donors (Lipinski definition) is 0. The molecule has 1 rings (SSSR count). The van der Waals surface area contributed by atoms with E-state index >= 15 is 0 Å². The van der Waals surface area contributed by atoms with Gasteiger partial charge in [-0.3, -0.25) is 0 Å². The molecule has 0 fully saturated rings. The van der Waals surface area contributed by atoms with Crippen LogP contribution in [0, 0.1) is 5.41 Å². The first-order valence-corrected chi connectivity index (χ1v) is 4.53. The fourth-order valence-corrected chi connectivity index (χ4v) is 1.27. The summed E-state index contributed by atoms with van der Waals surface area (Å²) in [6.45, 7) is 9.88. The van der Waals surface area contributed by atoms with Crippen LogP contribution in [0.25, 0.3) is 0 Å². The number of aromatic nitrogens is 2. The van der Waals surface area contributed by atoms with Crippen molar-refractivity contribution in [2.75, 3.05) is 0 Å². The predicted molar refractivity (Wildman–Crippen MR) is 51.1 cm³/mol. The van der Waals surface area contributed by atoms with Gasteiger partial charge in [-0.25, -0.2) is 4.98 Å². The summed E-state index contributed by atoms with van der Waals surface area (Å²) in [5.74, 6) is 1.20. The molecule has 0 saturated heterocycles. The minimum atomic E-state index is 0.332. The van der Waals surface area contributed by atoms with Crippen molar-refractivity contribution in [1.82, 2.24) is 9.55 Å². The van der Waals surface area contributed by atoms with E-state index in [0.717, 1.165) is 13.0 Å². The standard InChI is InChI=1S/C10H18N2/c1-5-12-7-6-11-9(12)8-10(2,3)4/h6-7H,5,8H2,1-4H3. The molecule has 0 aliphatic rings. The van der Waals surface area contributed by atoms with Crippen LogP contribution in [0.3, 0.4) is 0 Å². The van der Waals surface area contributed by atoms with Crippen LogP contribution in [-0.4, -0.2) is 9.55 Å². The van der Waals surface area contributed by atoms with Crippen molar-refractivity contribution in [3.63, 3.8) is 0 Å². The molecule has 0 unspecified atom stereocenters. The van der Waals surface area contributed by atoms with E-state index in [2.05, 4.69) is 37.2 Å². The van der Waals surface area contributed by atoms with E-state index in [4.69, 9.17) is 0 Å².